The molecule has 80 valence electrons. The normalized spacial score (nSPS) is 10.4. The molecule has 0 amide bonds. The summed E-state index contributed by atoms with van der Waals surface area (Å²) in [6.07, 6.45) is -1.66. The molecular formula is C9H8BrF2N3. The maximum absolute atomic E-state index is 12.6. The Balaban J connectivity index is 3.36. The number of hydrogen-bond acceptors (Lipinski definition) is 3. The summed E-state index contributed by atoms with van der Waals surface area (Å²) in [5.74, 6) is 0. The number of nitriles is 1. The van der Waals surface area contributed by atoms with Crippen LogP contribution in [-0.2, 0) is 13.0 Å². The predicted molar refractivity (Wildman–Crippen MR) is 54.1 cm³/mol. The van der Waals surface area contributed by atoms with Gasteiger partial charge in [-0.2, -0.15) is 5.26 Å². The van der Waals surface area contributed by atoms with E-state index in [2.05, 4.69) is 20.9 Å². The lowest BCUT2D eigenvalue weighted by molar-refractivity contribution is 0.150. The number of pyridine rings is 1. The van der Waals surface area contributed by atoms with Gasteiger partial charge in [0.25, 0.3) is 6.43 Å². The van der Waals surface area contributed by atoms with Gasteiger partial charge in [0.05, 0.1) is 12.5 Å². The monoisotopic (exact) mass is 275 g/mol. The zero-order valence-corrected chi connectivity index (χ0v) is 9.26. The summed E-state index contributed by atoms with van der Waals surface area (Å²) >= 11 is 3.12. The summed E-state index contributed by atoms with van der Waals surface area (Å²) in [6, 6.07) is 1.84. The van der Waals surface area contributed by atoms with Crippen molar-refractivity contribution in [2.75, 3.05) is 0 Å². The number of hydrogen-bond donors (Lipinski definition) is 1. The van der Waals surface area contributed by atoms with E-state index in [4.69, 9.17) is 11.0 Å². The molecule has 0 radical (unpaired) electrons. The lowest BCUT2D eigenvalue weighted by atomic mass is 10.0. The third-order valence-electron chi connectivity index (χ3n) is 1.97. The molecule has 6 heteroatoms. The largest absolute Gasteiger partial charge is 0.326 e. The second kappa shape index (κ2) is 5.14. The number of aromatic nitrogens is 1. The van der Waals surface area contributed by atoms with Gasteiger partial charge in [-0.3, -0.25) is 0 Å². The Morgan fingerprint density at radius 2 is 2.20 bits per heavy atom. The molecule has 2 N–H and O–H groups in total. The molecule has 0 spiro atoms. The van der Waals surface area contributed by atoms with Gasteiger partial charge >= 0.3 is 0 Å². The molecule has 0 saturated carbocycles. The van der Waals surface area contributed by atoms with Crippen LogP contribution >= 0.6 is 15.9 Å². The standard InChI is InChI=1S/C9H8BrF2N3/c10-8-6(3-14)5(1-2-13)7(4-15-8)9(11)12/h4,9H,1,3,14H2. The first-order valence-electron chi connectivity index (χ1n) is 4.13. The number of alkyl halides is 2. The van der Waals surface area contributed by atoms with Crippen LogP contribution in [0.25, 0.3) is 0 Å². The van der Waals surface area contributed by atoms with E-state index in [1.165, 1.54) is 0 Å². The van der Waals surface area contributed by atoms with E-state index in [1.807, 2.05) is 6.07 Å². The van der Waals surface area contributed by atoms with E-state index >= 15 is 0 Å². The summed E-state index contributed by atoms with van der Waals surface area (Å²) < 4.78 is 25.6. The van der Waals surface area contributed by atoms with Gasteiger partial charge in [-0.1, -0.05) is 0 Å². The van der Waals surface area contributed by atoms with E-state index in [9.17, 15) is 8.78 Å². The van der Waals surface area contributed by atoms with Gasteiger partial charge in [0.2, 0.25) is 0 Å². The minimum atomic E-state index is -2.64. The van der Waals surface area contributed by atoms with E-state index in [1.54, 1.807) is 0 Å². The van der Waals surface area contributed by atoms with Gasteiger partial charge in [-0.15, -0.1) is 0 Å². The maximum atomic E-state index is 12.6. The smallest absolute Gasteiger partial charge is 0.265 e. The lowest BCUT2D eigenvalue weighted by Crippen LogP contribution is -2.07. The molecule has 15 heavy (non-hydrogen) atoms. The summed E-state index contributed by atoms with van der Waals surface area (Å²) in [6.45, 7) is 0.0746. The van der Waals surface area contributed by atoms with E-state index in [-0.39, 0.29) is 24.1 Å². The first kappa shape index (κ1) is 12.0. The van der Waals surface area contributed by atoms with Gasteiger partial charge in [0.15, 0.2) is 0 Å². The molecule has 0 aliphatic rings. The Labute approximate surface area is 94.0 Å². The predicted octanol–water partition coefficient (Wildman–Crippen LogP) is 2.31. The number of nitrogens with zero attached hydrogens (tertiary/aromatic N) is 2. The highest BCUT2D eigenvalue weighted by Gasteiger charge is 2.18. The van der Waals surface area contributed by atoms with Crippen LogP contribution in [0.3, 0.4) is 0 Å². The van der Waals surface area contributed by atoms with Crippen LogP contribution in [-0.4, -0.2) is 4.98 Å². The average Bonchev–Trinajstić information content (AvgIpc) is 2.18. The van der Waals surface area contributed by atoms with Gasteiger partial charge < -0.3 is 5.73 Å². The number of nitrogens with two attached hydrogens (primary N) is 1. The van der Waals surface area contributed by atoms with Crippen LogP contribution in [0.4, 0.5) is 8.78 Å². The quantitative estimate of drug-likeness (QED) is 0.861. The Morgan fingerprint density at radius 3 is 2.67 bits per heavy atom. The van der Waals surface area contributed by atoms with Crippen molar-refractivity contribution in [3.63, 3.8) is 0 Å². The third-order valence-corrected chi connectivity index (χ3v) is 2.66. The lowest BCUT2D eigenvalue weighted by Gasteiger charge is -2.11. The molecule has 0 bridgehead atoms. The van der Waals surface area contributed by atoms with Gasteiger partial charge in [-0.05, 0) is 21.5 Å². The summed E-state index contributed by atoms with van der Waals surface area (Å²) in [5, 5.41) is 8.57. The van der Waals surface area contributed by atoms with Gasteiger partial charge in [0.1, 0.15) is 4.60 Å². The Bertz CT molecular complexity index is 401. The highest BCUT2D eigenvalue weighted by molar-refractivity contribution is 9.10. The molecule has 0 atom stereocenters. The summed E-state index contributed by atoms with van der Waals surface area (Å²) in [4.78, 5) is 3.76. The van der Waals surface area contributed by atoms with Crippen LogP contribution in [0.5, 0.6) is 0 Å². The van der Waals surface area contributed by atoms with Crippen molar-refractivity contribution in [3.8, 4) is 6.07 Å². The molecule has 0 fully saturated rings. The Morgan fingerprint density at radius 1 is 1.53 bits per heavy atom. The molecule has 0 unspecified atom stereocenters. The van der Waals surface area contributed by atoms with E-state index < -0.39 is 6.43 Å². The minimum Gasteiger partial charge on any atom is -0.326 e. The van der Waals surface area contributed by atoms with Crippen molar-refractivity contribution in [1.82, 2.24) is 4.98 Å². The molecule has 0 aromatic carbocycles. The van der Waals surface area contributed by atoms with Crippen molar-refractivity contribution in [3.05, 3.63) is 27.5 Å². The molecule has 1 rings (SSSR count). The number of rotatable bonds is 3. The molecule has 3 nitrogen and oxygen atoms in total. The first-order chi connectivity index (χ1) is 7.11. The fraction of sp³-hybridized carbons (Fsp3) is 0.333. The van der Waals surface area contributed by atoms with Crippen LogP contribution in [0.15, 0.2) is 10.8 Å². The van der Waals surface area contributed by atoms with Crippen molar-refractivity contribution in [1.29, 1.82) is 5.26 Å². The highest BCUT2D eigenvalue weighted by atomic mass is 79.9. The molecule has 1 aromatic rings. The molecule has 0 aliphatic heterocycles. The van der Waals surface area contributed by atoms with Crippen LogP contribution in [0, 0.1) is 11.3 Å². The molecule has 0 aliphatic carbocycles. The fourth-order valence-corrected chi connectivity index (χ4v) is 1.77. The van der Waals surface area contributed by atoms with Crippen molar-refractivity contribution in [2.24, 2.45) is 5.73 Å². The van der Waals surface area contributed by atoms with Crippen LogP contribution < -0.4 is 5.73 Å². The van der Waals surface area contributed by atoms with E-state index in [0.29, 0.717) is 10.2 Å². The number of halogens is 3. The fourth-order valence-electron chi connectivity index (χ4n) is 1.26. The first-order valence-corrected chi connectivity index (χ1v) is 4.92. The second-order valence-electron chi connectivity index (χ2n) is 2.80. The maximum Gasteiger partial charge on any atom is 0.265 e. The van der Waals surface area contributed by atoms with Crippen molar-refractivity contribution in [2.45, 2.75) is 19.4 Å². The highest BCUT2D eigenvalue weighted by Crippen LogP contribution is 2.28. The Kier molecular flexibility index (Phi) is 4.12. The molecular weight excluding hydrogens is 268 g/mol. The van der Waals surface area contributed by atoms with E-state index in [0.717, 1.165) is 6.20 Å². The molecule has 1 aromatic heterocycles. The van der Waals surface area contributed by atoms with Crippen LogP contribution in [0.1, 0.15) is 23.1 Å². The van der Waals surface area contributed by atoms with Gasteiger partial charge in [-0.25, -0.2) is 13.8 Å². The summed E-state index contributed by atoms with van der Waals surface area (Å²) in [7, 11) is 0. The average molecular weight is 276 g/mol. The third kappa shape index (κ3) is 2.49. The zero-order chi connectivity index (χ0) is 11.4. The Hall–Kier alpha value is -1.06. The SMILES string of the molecule is N#CCc1c(C(F)F)cnc(Br)c1CN. The van der Waals surface area contributed by atoms with Gasteiger partial charge in [0, 0.05) is 23.9 Å². The van der Waals surface area contributed by atoms with Crippen LogP contribution in [0.2, 0.25) is 0 Å². The topological polar surface area (TPSA) is 62.7 Å². The van der Waals surface area contributed by atoms with Crippen molar-refractivity contribution < 1.29 is 8.78 Å². The zero-order valence-electron chi connectivity index (χ0n) is 7.67. The molecule has 1 heterocycles. The summed E-state index contributed by atoms with van der Waals surface area (Å²) in [5.41, 5.74) is 5.95. The minimum absolute atomic E-state index is 0.0746. The van der Waals surface area contributed by atoms with Crippen molar-refractivity contribution >= 4 is 15.9 Å². The second-order valence-corrected chi connectivity index (χ2v) is 3.55. The molecule has 0 saturated heterocycles.